The van der Waals surface area contributed by atoms with Crippen molar-refractivity contribution >= 4 is 23.6 Å². The first-order chi connectivity index (χ1) is 14.0. The summed E-state index contributed by atoms with van der Waals surface area (Å²) in [6.45, 7) is 2.90. The van der Waals surface area contributed by atoms with Crippen LogP contribution in [0.4, 0.5) is 0 Å². The lowest BCUT2D eigenvalue weighted by molar-refractivity contribution is -0.136. The number of carbonyl (C=O) groups is 4. The zero-order chi connectivity index (χ0) is 20.5. The molecule has 154 valence electrons. The molecule has 0 aromatic heterocycles. The Bertz CT molecular complexity index is 868. The van der Waals surface area contributed by atoms with E-state index in [0.29, 0.717) is 24.1 Å². The predicted octanol–water partition coefficient (Wildman–Crippen LogP) is -0.756. The second-order valence-electron chi connectivity index (χ2n) is 7.63. The number of benzene rings is 1. The van der Waals surface area contributed by atoms with E-state index in [1.165, 1.54) is 0 Å². The minimum atomic E-state index is -0.964. The molecule has 2 atom stereocenters. The van der Waals surface area contributed by atoms with Gasteiger partial charge in [0.05, 0.1) is 11.1 Å². The summed E-state index contributed by atoms with van der Waals surface area (Å²) in [5.74, 6) is -1.97. The van der Waals surface area contributed by atoms with Gasteiger partial charge in [-0.1, -0.05) is 12.1 Å². The van der Waals surface area contributed by atoms with Crippen LogP contribution in [0.15, 0.2) is 18.2 Å². The standard InChI is InChI=1S/C20H24N4O5/c25-9-6-13-10-21-7-8-23(13)11-12-2-1-3-14-17(12)20(29)24(19(14)28)15-4-5-16(26)22-18(15)27/h1-3,13,15,21,25H,4-11H2,(H,22,26,27). The summed E-state index contributed by atoms with van der Waals surface area (Å²) in [5.41, 5.74) is 1.37. The van der Waals surface area contributed by atoms with E-state index in [0.717, 1.165) is 30.1 Å². The van der Waals surface area contributed by atoms with Gasteiger partial charge in [-0.05, 0) is 24.5 Å². The molecule has 2 unspecified atom stereocenters. The topological polar surface area (TPSA) is 119 Å². The second kappa shape index (κ2) is 8.02. The number of amides is 4. The molecule has 2 saturated heterocycles. The van der Waals surface area contributed by atoms with Gasteiger partial charge < -0.3 is 10.4 Å². The van der Waals surface area contributed by atoms with Gasteiger partial charge in [-0.3, -0.25) is 34.3 Å². The first-order valence-electron chi connectivity index (χ1n) is 9.90. The Morgan fingerprint density at radius 1 is 1.14 bits per heavy atom. The highest BCUT2D eigenvalue weighted by Crippen LogP contribution is 2.31. The minimum Gasteiger partial charge on any atom is -0.396 e. The molecule has 9 nitrogen and oxygen atoms in total. The van der Waals surface area contributed by atoms with Crippen molar-refractivity contribution in [3.05, 3.63) is 34.9 Å². The van der Waals surface area contributed by atoms with Crippen LogP contribution in [0.25, 0.3) is 0 Å². The summed E-state index contributed by atoms with van der Waals surface area (Å²) in [7, 11) is 0. The van der Waals surface area contributed by atoms with Crippen LogP contribution in [-0.4, -0.2) is 76.9 Å². The van der Waals surface area contributed by atoms with Crippen molar-refractivity contribution in [2.75, 3.05) is 26.2 Å². The predicted molar refractivity (Wildman–Crippen MR) is 102 cm³/mol. The molecule has 4 amide bonds. The number of rotatable bonds is 5. The van der Waals surface area contributed by atoms with Gasteiger partial charge in [0.1, 0.15) is 6.04 Å². The number of nitrogens with one attached hydrogen (secondary N) is 2. The fourth-order valence-electron chi connectivity index (χ4n) is 4.38. The van der Waals surface area contributed by atoms with Crippen molar-refractivity contribution < 1.29 is 24.3 Å². The molecule has 0 saturated carbocycles. The molecule has 3 N–H and O–H groups in total. The van der Waals surface area contributed by atoms with Crippen LogP contribution < -0.4 is 10.6 Å². The quantitative estimate of drug-likeness (QED) is 0.556. The molecule has 0 spiro atoms. The smallest absolute Gasteiger partial charge is 0.262 e. The Balaban J connectivity index is 1.61. The van der Waals surface area contributed by atoms with E-state index < -0.39 is 29.7 Å². The van der Waals surface area contributed by atoms with Crippen molar-refractivity contribution in [3.8, 4) is 0 Å². The highest BCUT2D eigenvalue weighted by molar-refractivity contribution is 6.24. The number of imide groups is 2. The number of piperidine rings is 1. The van der Waals surface area contributed by atoms with Crippen molar-refractivity contribution in [3.63, 3.8) is 0 Å². The molecule has 4 rings (SSSR count). The number of piperazine rings is 1. The molecule has 0 aliphatic carbocycles. The normalized spacial score (nSPS) is 25.3. The Labute approximate surface area is 168 Å². The van der Waals surface area contributed by atoms with E-state index in [1.54, 1.807) is 12.1 Å². The molecular weight excluding hydrogens is 376 g/mol. The number of aliphatic hydroxyl groups is 1. The zero-order valence-electron chi connectivity index (χ0n) is 16.0. The average Bonchev–Trinajstić information content (AvgIpc) is 2.95. The van der Waals surface area contributed by atoms with Crippen LogP contribution in [0.1, 0.15) is 45.5 Å². The third kappa shape index (κ3) is 3.57. The van der Waals surface area contributed by atoms with Crippen molar-refractivity contribution in [2.24, 2.45) is 0 Å². The summed E-state index contributed by atoms with van der Waals surface area (Å²) in [6.07, 6.45) is 0.861. The molecular formula is C20H24N4O5. The van der Waals surface area contributed by atoms with Gasteiger partial charge in [-0.25, -0.2) is 0 Å². The molecule has 3 aliphatic rings. The van der Waals surface area contributed by atoms with Crippen LogP contribution in [0.5, 0.6) is 0 Å². The van der Waals surface area contributed by atoms with Gasteiger partial charge in [0.25, 0.3) is 11.8 Å². The van der Waals surface area contributed by atoms with Gasteiger partial charge in [0.15, 0.2) is 0 Å². The Hall–Kier alpha value is -2.62. The molecule has 0 radical (unpaired) electrons. The van der Waals surface area contributed by atoms with E-state index in [9.17, 15) is 24.3 Å². The maximum absolute atomic E-state index is 13.2. The largest absolute Gasteiger partial charge is 0.396 e. The van der Waals surface area contributed by atoms with Crippen molar-refractivity contribution in [1.82, 2.24) is 20.4 Å². The highest BCUT2D eigenvalue weighted by Gasteiger charge is 2.45. The zero-order valence-corrected chi connectivity index (χ0v) is 16.0. The second-order valence-corrected chi connectivity index (χ2v) is 7.63. The van der Waals surface area contributed by atoms with Crippen molar-refractivity contribution in [2.45, 2.75) is 37.9 Å². The SMILES string of the molecule is O=C1CCC(N2C(=O)c3cccc(CN4CCNCC4CCO)c3C2=O)C(=O)N1. The molecule has 1 aromatic carbocycles. The van der Waals surface area contributed by atoms with Crippen LogP contribution in [0.2, 0.25) is 0 Å². The van der Waals surface area contributed by atoms with Crippen LogP contribution >= 0.6 is 0 Å². The van der Waals surface area contributed by atoms with E-state index in [1.807, 2.05) is 6.07 Å². The number of carbonyl (C=O) groups excluding carboxylic acids is 4. The Kier molecular flexibility index (Phi) is 5.44. The fourth-order valence-corrected chi connectivity index (χ4v) is 4.38. The van der Waals surface area contributed by atoms with Gasteiger partial charge in [0.2, 0.25) is 11.8 Å². The molecule has 1 aromatic rings. The van der Waals surface area contributed by atoms with Crippen LogP contribution in [0.3, 0.4) is 0 Å². The van der Waals surface area contributed by atoms with E-state index in [-0.39, 0.29) is 25.5 Å². The van der Waals surface area contributed by atoms with Gasteiger partial charge >= 0.3 is 0 Å². The first kappa shape index (κ1) is 19.7. The molecule has 29 heavy (non-hydrogen) atoms. The number of hydrogen-bond donors (Lipinski definition) is 3. The molecule has 0 bridgehead atoms. The minimum absolute atomic E-state index is 0.0798. The lowest BCUT2D eigenvalue weighted by atomic mass is 10.0. The van der Waals surface area contributed by atoms with Crippen LogP contribution in [0, 0.1) is 0 Å². The first-order valence-corrected chi connectivity index (χ1v) is 9.90. The summed E-state index contributed by atoms with van der Waals surface area (Å²) < 4.78 is 0. The fraction of sp³-hybridized carbons (Fsp3) is 0.500. The third-order valence-electron chi connectivity index (χ3n) is 5.86. The molecule has 2 fully saturated rings. The number of nitrogens with zero attached hydrogens (tertiary/aromatic N) is 2. The van der Waals surface area contributed by atoms with Gasteiger partial charge in [-0.15, -0.1) is 0 Å². The maximum Gasteiger partial charge on any atom is 0.262 e. The Morgan fingerprint density at radius 3 is 2.72 bits per heavy atom. The van der Waals surface area contributed by atoms with Gasteiger partial charge in [0, 0.05) is 45.2 Å². The van der Waals surface area contributed by atoms with Crippen LogP contribution in [-0.2, 0) is 16.1 Å². The summed E-state index contributed by atoms with van der Waals surface area (Å²) in [5, 5.41) is 14.9. The number of aliphatic hydroxyl groups excluding tert-OH is 1. The maximum atomic E-state index is 13.2. The molecule has 3 aliphatic heterocycles. The number of hydrogen-bond acceptors (Lipinski definition) is 7. The average molecular weight is 400 g/mol. The lowest BCUT2D eigenvalue weighted by Gasteiger charge is -2.36. The number of fused-ring (bicyclic) bond motifs is 1. The molecule has 3 heterocycles. The highest BCUT2D eigenvalue weighted by atomic mass is 16.3. The Morgan fingerprint density at radius 2 is 1.97 bits per heavy atom. The monoisotopic (exact) mass is 400 g/mol. The molecule has 9 heteroatoms. The summed E-state index contributed by atoms with van der Waals surface area (Å²) >= 11 is 0. The summed E-state index contributed by atoms with van der Waals surface area (Å²) in [4.78, 5) is 53.0. The van der Waals surface area contributed by atoms with E-state index in [2.05, 4.69) is 15.5 Å². The lowest BCUT2D eigenvalue weighted by Crippen LogP contribution is -2.54. The van der Waals surface area contributed by atoms with E-state index in [4.69, 9.17) is 0 Å². The van der Waals surface area contributed by atoms with Gasteiger partial charge in [-0.2, -0.15) is 0 Å². The van der Waals surface area contributed by atoms with Crippen molar-refractivity contribution in [1.29, 1.82) is 0 Å². The third-order valence-corrected chi connectivity index (χ3v) is 5.86. The summed E-state index contributed by atoms with van der Waals surface area (Å²) in [6, 6.07) is 4.36. The van der Waals surface area contributed by atoms with E-state index >= 15 is 0 Å².